The Balaban J connectivity index is 2.19. The van der Waals surface area contributed by atoms with Crippen LogP contribution in [0.3, 0.4) is 0 Å². The Morgan fingerprint density at radius 3 is 2.56 bits per heavy atom. The summed E-state index contributed by atoms with van der Waals surface area (Å²) in [6.07, 6.45) is 0.610. The summed E-state index contributed by atoms with van der Waals surface area (Å²) >= 11 is 15.6. The summed E-state index contributed by atoms with van der Waals surface area (Å²) in [6, 6.07) is 12.4. The van der Waals surface area contributed by atoms with Crippen LogP contribution >= 0.6 is 39.1 Å². The Kier molecular flexibility index (Phi) is 4.66. The van der Waals surface area contributed by atoms with Crippen LogP contribution in [0.4, 0.5) is 4.39 Å². The van der Waals surface area contributed by atoms with Gasteiger partial charge in [-0.05, 0) is 51.7 Å². The second kappa shape index (κ2) is 6.05. The van der Waals surface area contributed by atoms with E-state index >= 15 is 0 Å². The molecule has 0 aliphatic carbocycles. The Morgan fingerprint density at radius 1 is 1.17 bits per heavy atom. The Morgan fingerprint density at radius 2 is 1.89 bits per heavy atom. The maximum Gasteiger partial charge on any atom is 0.137 e. The number of halogens is 4. The van der Waals surface area contributed by atoms with Gasteiger partial charge in [-0.3, -0.25) is 0 Å². The summed E-state index contributed by atoms with van der Waals surface area (Å²) < 4.78 is 13.6. The van der Waals surface area contributed by atoms with Crippen molar-refractivity contribution in [3.8, 4) is 0 Å². The molecule has 0 aliphatic rings. The maximum absolute atomic E-state index is 13.1. The predicted octanol–water partition coefficient (Wildman–Crippen LogP) is 5.76. The van der Waals surface area contributed by atoms with Crippen LogP contribution in [-0.2, 0) is 6.42 Å². The van der Waals surface area contributed by atoms with Crippen molar-refractivity contribution in [3.63, 3.8) is 0 Å². The van der Waals surface area contributed by atoms with Crippen LogP contribution in [-0.4, -0.2) is 0 Å². The highest BCUT2D eigenvalue weighted by Gasteiger charge is 2.12. The summed E-state index contributed by atoms with van der Waals surface area (Å²) in [5.41, 5.74) is 1.85. The molecule has 0 nitrogen and oxygen atoms in total. The zero-order valence-electron chi connectivity index (χ0n) is 9.34. The monoisotopic (exact) mass is 346 g/mol. The molecule has 0 N–H and O–H groups in total. The lowest BCUT2D eigenvalue weighted by Gasteiger charge is -2.11. The van der Waals surface area contributed by atoms with Crippen molar-refractivity contribution >= 4 is 39.1 Å². The molecule has 94 valence electrons. The van der Waals surface area contributed by atoms with Gasteiger partial charge >= 0.3 is 0 Å². The van der Waals surface area contributed by atoms with Gasteiger partial charge in [0, 0.05) is 5.02 Å². The van der Waals surface area contributed by atoms with Crippen LogP contribution in [0.1, 0.15) is 16.5 Å². The molecule has 18 heavy (non-hydrogen) atoms. The minimum absolute atomic E-state index is 0.234. The van der Waals surface area contributed by atoms with Gasteiger partial charge in [0.25, 0.3) is 0 Å². The van der Waals surface area contributed by atoms with E-state index in [0.717, 1.165) is 11.1 Å². The molecular formula is C14H10BrCl2F. The Labute approximate surface area is 124 Å². The van der Waals surface area contributed by atoms with Crippen molar-refractivity contribution in [2.24, 2.45) is 0 Å². The summed E-state index contributed by atoms with van der Waals surface area (Å²) in [6.45, 7) is 0. The molecule has 0 spiro atoms. The van der Waals surface area contributed by atoms with Gasteiger partial charge in [0.05, 0.1) is 9.85 Å². The normalized spacial score (nSPS) is 12.4. The van der Waals surface area contributed by atoms with Crippen molar-refractivity contribution in [2.45, 2.75) is 11.8 Å². The van der Waals surface area contributed by atoms with E-state index in [2.05, 4.69) is 15.9 Å². The second-order valence-electron chi connectivity index (χ2n) is 3.94. The van der Waals surface area contributed by atoms with Gasteiger partial charge in [0.1, 0.15) is 5.82 Å². The van der Waals surface area contributed by atoms with Gasteiger partial charge in [-0.15, -0.1) is 11.6 Å². The van der Waals surface area contributed by atoms with E-state index in [9.17, 15) is 4.39 Å². The van der Waals surface area contributed by atoms with E-state index in [-0.39, 0.29) is 11.2 Å². The van der Waals surface area contributed by atoms with E-state index in [0.29, 0.717) is 15.9 Å². The molecule has 2 rings (SSSR count). The number of benzene rings is 2. The Bertz CT molecular complexity index is 557. The van der Waals surface area contributed by atoms with Crippen LogP contribution in [0.5, 0.6) is 0 Å². The highest BCUT2D eigenvalue weighted by atomic mass is 79.9. The summed E-state index contributed by atoms with van der Waals surface area (Å²) in [5, 5.41) is 0.464. The van der Waals surface area contributed by atoms with Crippen LogP contribution in [0.15, 0.2) is 46.9 Å². The highest BCUT2D eigenvalue weighted by molar-refractivity contribution is 9.10. The minimum atomic E-state index is -0.291. The van der Waals surface area contributed by atoms with Gasteiger partial charge in [-0.25, -0.2) is 4.39 Å². The van der Waals surface area contributed by atoms with E-state index in [4.69, 9.17) is 23.2 Å². The van der Waals surface area contributed by atoms with Crippen molar-refractivity contribution < 1.29 is 4.39 Å². The first kappa shape index (κ1) is 13.9. The molecule has 2 aromatic carbocycles. The van der Waals surface area contributed by atoms with E-state index < -0.39 is 0 Å². The molecule has 1 atom stereocenters. The molecule has 0 saturated heterocycles. The van der Waals surface area contributed by atoms with Gasteiger partial charge in [0.2, 0.25) is 0 Å². The third-order valence-corrected chi connectivity index (χ3v) is 4.05. The highest BCUT2D eigenvalue weighted by Crippen LogP contribution is 2.30. The first-order chi connectivity index (χ1) is 8.58. The molecule has 4 heteroatoms. The number of hydrogen-bond donors (Lipinski definition) is 0. The van der Waals surface area contributed by atoms with Gasteiger partial charge in [-0.1, -0.05) is 35.9 Å². The zero-order chi connectivity index (χ0) is 13.1. The molecule has 0 bridgehead atoms. The summed E-state index contributed by atoms with van der Waals surface area (Å²) in [5.74, 6) is -0.291. The fourth-order valence-electron chi connectivity index (χ4n) is 1.68. The van der Waals surface area contributed by atoms with Crippen molar-refractivity contribution in [1.82, 2.24) is 0 Å². The molecule has 0 aromatic heterocycles. The predicted molar refractivity (Wildman–Crippen MR) is 77.9 cm³/mol. The summed E-state index contributed by atoms with van der Waals surface area (Å²) in [7, 11) is 0. The maximum atomic E-state index is 13.1. The van der Waals surface area contributed by atoms with Crippen molar-refractivity contribution in [1.29, 1.82) is 0 Å². The average molecular weight is 348 g/mol. The lowest BCUT2D eigenvalue weighted by molar-refractivity contribution is 0.620. The average Bonchev–Trinajstić information content (AvgIpc) is 2.35. The quantitative estimate of drug-likeness (QED) is 0.619. The largest absolute Gasteiger partial charge is 0.206 e. The number of rotatable bonds is 3. The summed E-state index contributed by atoms with van der Waals surface area (Å²) in [4.78, 5) is 0. The Hall–Kier alpha value is -0.570. The SMILES string of the molecule is Fc1ccc(C(Cl)Cc2ccccc2Cl)cc1Br. The molecule has 0 fully saturated rings. The van der Waals surface area contributed by atoms with Crippen LogP contribution in [0, 0.1) is 5.82 Å². The zero-order valence-corrected chi connectivity index (χ0v) is 12.4. The third-order valence-electron chi connectivity index (χ3n) is 2.66. The fourth-order valence-corrected chi connectivity index (χ4v) is 2.59. The van der Waals surface area contributed by atoms with Gasteiger partial charge < -0.3 is 0 Å². The van der Waals surface area contributed by atoms with E-state index in [1.54, 1.807) is 12.1 Å². The molecule has 0 radical (unpaired) electrons. The number of alkyl halides is 1. The molecule has 1 unspecified atom stereocenters. The van der Waals surface area contributed by atoms with Crippen LogP contribution in [0.25, 0.3) is 0 Å². The van der Waals surface area contributed by atoms with Crippen LogP contribution < -0.4 is 0 Å². The van der Waals surface area contributed by atoms with Crippen molar-refractivity contribution in [3.05, 3.63) is 68.9 Å². The second-order valence-corrected chi connectivity index (χ2v) is 5.72. The molecule has 0 heterocycles. The number of hydrogen-bond acceptors (Lipinski definition) is 0. The van der Waals surface area contributed by atoms with E-state index in [1.165, 1.54) is 6.07 Å². The van der Waals surface area contributed by atoms with E-state index in [1.807, 2.05) is 24.3 Å². The first-order valence-electron chi connectivity index (χ1n) is 5.40. The molecule has 0 amide bonds. The van der Waals surface area contributed by atoms with Crippen molar-refractivity contribution in [2.75, 3.05) is 0 Å². The fraction of sp³-hybridized carbons (Fsp3) is 0.143. The topological polar surface area (TPSA) is 0 Å². The molecular weight excluding hydrogens is 338 g/mol. The lowest BCUT2D eigenvalue weighted by atomic mass is 10.0. The minimum Gasteiger partial charge on any atom is -0.206 e. The third kappa shape index (κ3) is 3.25. The molecule has 0 saturated carbocycles. The first-order valence-corrected chi connectivity index (χ1v) is 7.01. The molecule has 2 aromatic rings. The van der Waals surface area contributed by atoms with Gasteiger partial charge in [-0.2, -0.15) is 0 Å². The standard InChI is InChI=1S/C14H10BrCl2F/c15-11-7-10(5-6-14(11)18)13(17)8-9-3-1-2-4-12(9)16/h1-7,13H,8H2. The van der Waals surface area contributed by atoms with Crippen LogP contribution in [0.2, 0.25) is 5.02 Å². The molecule has 0 aliphatic heterocycles. The van der Waals surface area contributed by atoms with Gasteiger partial charge in [0.15, 0.2) is 0 Å². The smallest absolute Gasteiger partial charge is 0.137 e. The lowest BCUT2D eigenvalue weighted by Crippen LogP contribution is -1.97.